The van der Waals surface area contributed by atoms with Crippen molar-refractivity contribution in [1.82, 2.24) is 0 Å². The number of benzene rings is 3. The van der Waals surface area contributed by atoms with Gasteiger partial charge in [-0.2, -0.15) is 0 Å². The van der Waals surface area contributed by atoms with Crippen molar-refractivity contribution >= 4 is 39.2 Å². The van der Waals surface area contributed by atoms with Crippen LogP contribution in [0.25, 0.3) is 0 Å². The zero-order valence-corrected chi connectivity index (χ0v) is 21.1. The zero-order valence-electron chi connectivity index (χ0n) is 20.3. The van der Waals surface area contributed by atoms with E-state index in [0.717, 1.165) is 0 Å². The van der Waals surface area contributed by atoms with Gasteiger partial charge in [0.1, 0.15) is 5.82 Å². The molecule has 0 radical (unpaired) electrons. The van der Waals surface area contributed by atoms with Crippen molar-refractivity contribution in [1.29, 1.82) is 0 Å². The van der Waals surface area contributed by atoms with Crippen LogP contribution in [0.2, 0.25) is 0 Å². The molecule has 11 nitrogen and oxygen atoms in total. The number of amides is 2. The van der Waals surface area contributed by atoms with Gasteiger partial charge in [0.05, 0.1) is 17.6 Å². The lowest BCUT2D eigenvalue weighted by atomic mass is 10.2. The second kappa shape index (κ2) is 12.2. The van der Waals surface area contributed by atoms with Crippen LogP contribution >= 0.6 is 0 Å². The number of anilines is 2. The molecule has 3 rings (SSSR count). The zero-order chi connectivity index (χ0) is 27.9. The Morgan fingerprint density at radius 2 is 1.53 bits per heavy atom. The van der Waals surface area contributed by atoms with Gasteiger partial charge in [0, 0.05) is 11.4 Å². The molecule has 0 heterocycles. The van der Waals surface area contributed by atoms with Gasteiger partial charge in [-0.1, -0.05) is 0 Å². The lowest BCUT2D eigenvalue weighted by Crippen LogP contribution is -2.30. The summed E-state index contributed by atoms with van der Waals surface area (Å²) >= 11 is 0. The third kappa shape index (κ3) is 7.75. The largest absolute Gasteiger partial charge is 0.493 e. The molecule has 3 aromatic rings. The van der Waals surface area contributed by atoms with E-state index in [2.05, 4.69) is 10.6 Å². The summed E-state index contributed by atoms with van der Waals surface area (Å²) in [6.07, 6.45) is -1.20. The normalized spacial score (nSPS) is 11.7. The molecular weight excluding hydrogens is 521 g/mol. The number of hydrogen-bond donors (Lipinski definition) is 3. The van der Waals surface area contributed by atoms with E-state index in [9.17, 15) is 27.2 Å². The van der Waals surface area contributed by atoms with Gasteiger partial charge in [-0.3, -0.25) is 9.59 Å². The van der Waals surface area contributed by atoms with Gasteiger partial charge in [-0.15, -0.1) is 0 Å². The van der Waals surface area contributed by atoms with Crippen LogP contribution in [-0.2, 0) is 24.3 Å². The van der Waals surface area contributed by atoms with Crippen molar-refractivity contribution in [3.8, 4) is 11.5 Å². The van der Waals surface area contributed by atoms with Gasteiger partial charge in [0.15, 0.2) is 24.2 Å². The Morgan fingerprint density at radius 1 is 0.921 bits per heavy atom. The number of ether oxygens (including phenoxy) is 3. The van der Waals surface area contributed by atoms with E-state index >= 15 is 0 Å². The standard InChI is InChI=1S/C25H24FN3O8S/c1-15(24(31)29-19-8-10-20(11-9-19)38(27,33)34)37-25(32)16-3-12-21(22(13-16)35-2)36-14-23(30)28-18-6-4-17(26)5-7-18/h3-13,15H,14H2,1-2H3,(H,28,30)(H,29,31)(H2,27,33,34). The Bertz CT molecular complexity index is 1430. The number of carbonyl (C=O) groups is 3. The summed E-state index contributed by atoms with van der Waals surface area (Å²) in [5, 5.41) is 10.1. The molecule has 0 aliphatic rings. The minimum Gasteiger partial charge on any atom is -0.493 e. The summed E-state index contributed by atoms with van der Waals surface area (Å²) in [6, 6.07) is 14.4. The van der Waals surface area contributed by atoms with E-state index in [-0.39, 0.29) is 34.3 Å². The number of halogens is 1. The van der Waals surface area contributed by atoms with Crippen LogP contribution in [0.1, 0.15) is 17.3 Å². The summed E-state index contributed by atoms with van der Waals surface area (Å²) in [5.74, 6) is -2.10. The second-order valence-electron chi connectivity index (χ2n) is 7.82. The van der Waals surface area contributed by atoms with Crippen LogP contribution in [0, 0.1) is 5.82 Å². The smallest absolute Gasteiger partial charge is 0.339 e. The maximum atomic E-state index is 13.0. The molecular formula is C25H24FN3O8S. The molecule has 0 aromatic heterocycles. The first-order valence-corrected chi connectivity index (χ1v) is 12.5. The first-order chi connectivity index (χ1) is 18.0. The van der Waals surface area contributed by atoms with Gasteiger partial charge in [0.2, 0.25) is 10.0 Å². The molecule has 0 bridgehead atoms. The van der Waals surface area contributed by atoms with Crippen LogP contribution in [0.5, 0.6) is 11.5 Å². The average Bonchev–Trinajstić information content (AvgIpc) is 2.88. The predicted octanol–water partition coefficient (Wildman–Crippen LogP) is 2.68. The number of sulfonamides is 1. The first-order valence-electron chi connectivity index (χ1n) is 11.0. The molecule has 0 saturated heterocycles. The molecule has 3 aromatic carbocycles. The Labute approximate surface area is 217 Å². The summed E-state index contributed by atoms with van der Waals surface area (Å²) in [5.41, 5.74) is 0.725. The summed E-state index contributed by atoms with van der Waals surface area (Å²) in [7, 11) is -2.53. The van der Waals surface area contributed by atoms with Crippen molar-refractivity contribution in [3.63, 3.8) is 0 Å². The molecule has 13 heteroatoms. The summed E-state index contributed by atoms with van der Waals surface area (Å²) in [4.78, 5) is 37.0. The van der Waals surface area contributed by atoms with Crippen LogP contribution in [0.15, 0.2) is 71.6 Å². The van der Waals surface area contributed by atoms with E-state index in [1.54, 1.807) is 0 Å². The molecule has 0 aliphatic heterocycles. The molecule has 1 atom stereocenters. The number of rotatable bonds is 10. The number of carbonyl (C=O) groups excluding carboxylic acids is 3. The number of hydrogen-bond acceptors (Lipinski definition) is 8. The monoisotopic (exact) mass is 545 g/mol. The Kier molecular flexibility index (Phi) is 8.99. The lowest BCUT2D eigenvalue weighted by molar-refractivity contribution is -0.123. The fourth-order valence-corrected chi connectivity index (χ4v) is 3.56. The van der Waals surface area contributed by atoms with Gasteiger partial charge < -0.3 is 24.8 Å². The van der Waals surface area contributed by atoms with Gasteiger partial charge >= 0.3 is 5.97 Å². The number of primary sulfonamides is 1. The van der Waals surface area contributed by atoms with E-state index in [1.807, 2.05) is 0 Å². The number of nitrogens with two attached hydrogens (primary N) is 1. The molecule has 2 amide bonds. The Balaban J connectivity index is 1.56. The molecule has 1 unspecified atom stereocenters. The van der Waals surface area contributed by atoms with E-state index in [4.69, 9.17) is 19.3 Å². The average molecular weight is 546 g/mol. The molecule has 4 N–H and O–H groups in total. The summed E-state index contributed by atoms with van der Waals surface area (Å²) < 4.78 is 51.5. The van der Waals surface area contributed by atoms with Crippen LogP contribution in [0.4, 0.5) is 15.8 Å². The Morgan fingerprint density at radius 3 is 2.13 bits per heavy atom. The third-order valence-corrected chi connectivity index (χ3v) is 5.92. The SMILES string of the molecule is COc1cc(C(=O)OC(C)C(=O)Nc2ccc(S(N)(=O)=O)cc2)ccc1OCC(=O)Nc1ccc(F)cc1. The molecule has 0 fully saturated rings. The predicted molar refractivity (Wildman–Crippen MR) is 135 cm³/mol. The van der Waals surface area contributed by atoms with Crippen LogP contribution in [0.3, 0.4) is 0 Å². The second-order valence-corrected chi connectivity index (χ2v) is 9.38. The highest BCUT2D eigenvalue weighted by Gasteiger charge is 2.21. The third-order valence-electron chi connectivity index (χ3n) is 4.99. The maximum absolute atomic E-state index is 13.0. The molecule has 0 saturated carbocycles. The molecule has 200 valence electrons. The summed E-state index contributed by atoms with van der Waals surface area (Å²) in [6.45, 7) is 0.979. The molecule has 0 aliphatic carbocycles. The van der Waals surface area contributed by atoms with Gasteiger partial charge in [-0.05, 0) is 73.7 Å². The lowest BCUT2D eigenvalue weighted by Gasteiger charge is -2.15. The maximum Gasteiger partial charge on any atom is 0.339 e. The fourth-order valence-electron chi connectivity index (χ4n) is 3.04. The highest BCUT2D eigenvalue weighted by Crippen LogP contribution is 2.28. The van der Waals surface area contributed by atoms with Gasteiger partial charge in [-0.25, -0.2) is 22.7 Å². The number of methoxy groups -OCH3 is 1. The van der Waals surface area contributed by atoms with Gasteiger partial charge in [0.25, 0.3) is 11.8 Å². The molecule has 38 heavy (non-hydrogen) atoms. The highest BCUT2D eigenvalue weighted by molar-refractivity contribution is 7.89. The van der Waals surface area contributed by atoms with E-state index < -0.39 is 39.7 Å². The van der Waals surface area contributed by atoms with Crippen molar-refractivity contribution in [2.45, 2.75) is 17.9 Å². The van der Waals surface area contributed by atoms with Crippen molar-refractivity contribution in [2.24, 2.45) is 5.14 Å². The topological polar surface area (TPSA) is 163 Å². The van der Waals surface area contributed by atoms with E-state index in [1.165, 1.54) is 80.8 Å². The Hall–Kier alpha value is -4.49. The fraction of sp³-hybridized carbons (Fsp3) is 0.160. The number of nitrogens with one attached hydrogen (secondary N) is 2. The molecule has 0 spiro atoms. The first kappa shape index (κ1) is 28.1. The van der Waals surface area contributed by atoms with Crippen molar-refractivity contribution < 1.29 is 41.4 Å². The van der Waals surface area contributed by atoms with E-state index in [0.29, 0.717) is 5.69 Å². The van der Waals surface area contributed by atoms with Crippen molar-refractivity contribution in [2.75, 3.05) is 24.4 Å². The highest BCUT2D eigenvalue weighted by atomic mass is 32.2. The number of esters is 1. The van der Waals surface area contributed by atoms with Crippen LogP contribution < -0.4 is 25.2 Å². The quantitative estimate of drug-likeness (QED) is 0.328. The van der Waals surface area contributed by atoms with Crippen molar-refractivity contribution in [3.05, 3.63) is 78.1 Å². The van der Waals surface area contributed by atoms with Crippen LogP contribution in [-0.4, -0.2) is 46.0 Å². The minimum absolute atomic E-state index is 0.0575. The minimum atomic E-state index is -3.87.